The molecule has 0 atom stereocenters. The minimum atomic E-state index is -0.583. The van der Waals surface area contributed by atoms with Gasteiger partial charge < -0.3 is 5.32 Å². The Kier molecular flexibility index (Phi) is 6.36. The molecule has 0 radical (unpaired) electrons. The Morgan fingerprint density at radius 3 is 2.42 bits per heavy atom. The van der Waals surface area contributed by atoms with E-state index in [2.05, 4.69) is 15.3 Å². The quantitative estimate of drug-likeness (QED) is 0.346. The van der Waals surface area contributed by atoms with Crippen molar-refractivity contribution in [2.75, 3.05) is 5.75 Å². The SMILES string of the molecule is Cn1c(=O)c2c(SCC(=O)NCc3ccccc3)nc(-c3ccccc3F)nc2n(C)c1=O. The third kappa shape index (κ3) is 4.56. The van der Waals surface area contributed by atoms with Crippen molar-refractivity contribution in [3.63, 3.8) is 0 Å². The number of aryl methyl sites for hydroxylation is 1. The van der Waals surface area contributed by atoms with E-state index < -0.39 is 17.1 Å². The molecule has 0 bridgehead atoms. The highest BCUT2D eigenvalue weighted by atomic mass is 32.2. The van der Waals surface area contributed by atoms with E-state index in [1.165, 1.54) is 36.9 Å². The molecule has 0 saturated heterocycles. The number of benzene rings is 2. The van der Waals surface area contributed by atoms with Gasteiger partial charge in [0.05, 0.1) is 11.3 Å². The summed E-state index contributed by atoms with van der Waals surface area (Å²) in [6.45, 7) is 0.363. The lowest BCUT2D eigenvalue weighted by molar-refractivity contribution is -0.118. The van der Waals surface area contributed by atoms with Gasteiger partial charge in [0.15, 0.2) is 11.5 Å². The number of nitrogens with one attached hydrogen (secondary N) is 1. The molecule has 0 aliphatic carbocycles. The first kappa shape index (κ1) is 22.4. The van der Waals surface area contributed by atoms with Crippen LogP contribution in [-0.4, -0.2) is 30.8 Å². The number of amides is 1. The summed E-state index contributed by atoms with van der Waals surface area (Å²) >= 11 is 1.03. The zero-order valence-corrected chi connectivity index (χ0v) is 18.7. The molecular weight excluding hydrogens is 445 g/mol. The van der Waals surface area contributed by atoms with Crippen molar-refractivity contribution < 1.29 is 9.18 Å². The first-order valence-corrected chi connectivity index (χ1v) is 11.0. The van der Waals surface area contributed by atoms with Crippen LogP contribution in [0.25, 0.3) is 22.4 Å². The summed E-state index contributed by atoms with van der Waals surface area (Å²) in [5.74, 6) is -0.801. The maximum Gasteiger partial charge on any atom is 0.332 e. The molecule has 2 aromatic carbocycles. The number of fused-ring (bicyclic) bond motifs is 1. The number of rotatable bonds is 6. The van der Waals surface area contributed by atoms with Crippen molar-refractivity contribution in [3.8, 4) is 11.4 Å². The highest BCUT2D eigenvalue weighted by Crippen LogP contribution is 2.27. The van der Waals surface area contributed by atoms with Crippen molar-refractivity contribution >= 4 is 28.7 Å². The third-order valence-corrected chi connectivity index (χ3v) is 6.03. The second-order valence-corrected chi connectivity index (χ2v) is 8.25. The molecule has 0 aliphatic rings. The lowest BCUT2D eigenvalue weighted by atomic mass is 10.2. The Bertz CT molecular complexity index is 1470. The van der Waals surface area contributed by atoms with Crippen molar-refractivity contribution in [3.05, 3.63) is 86.8 Å². The van der Waals surface area contributed by atoms with Gasteiger partial charge in [0.2, 0.25) is 5.91 Å². The molecule has 0 saturated carbocycles. The molecule has 0 unspecified atom stereocenters. The number of carbonyl (C=O) groups is 1. The Labute approximate surface area is 192 Å². The highest BCUT2D eigenvalue weighted by Gasteiger charge is 2.20. The van der Waals surface area contributed by atoms with Gasteiger partial charge in [-0.15, -0.1) is 0 Å². The first-order valence-electron chi connectivity index (χ1n) is 10.0. The van der Waals surface area contributed by atoms with Crippen LogP contribution in [0.5, 0.6) is 0 Å². The largest absolute Gasteiger partial charge is 0.351 e. The fourth-order valence-electron chi connectivity index (χ4n) is 3.28. The molecule has 4 aromatic rings. The van der Waals surface area contributed by atoms with Crippen LogP contribution >= 0.6 is 11.8 Å². The molecule has 1 amide bonds. The van der Waals surface area contributed by atoms with E-state index in [1.807, 2.05) is 30.3 Å². The molecule has 0 spiro atoms. The van der Waals surface area contributed by atoms with E-state index in [1.54, 1.807) is 6.07 Å². The topological polar surface area (TPSA) is 98.9 Å². The second kappa shape index (κ2) is 9.37. The zero-order valence-electron chi connectivity index (χ0n) is 17.9. The normalized spacial score (nSPS) is 11.0. The van der Waals surface area contributed by atoms with Gasteiger partial charge in [0.25, 0.3) is 5.56 Å². The highest BCUT2D eigenvalue weighted by molar-refractivity contribution is 8.00. The van der Waals surface area contributed by atoms with Crippen LogP contribution in [0, 0.1) is 5.82 Å². The number of aromatic nitrogens is 4. The van der Waals surface area contributed by atoms with Crippen LogP contribution in [-0.2, 0) is 25.4 Å². The average Bonchev–Trinajstić information content (AvgIpc) is 2.84. The van der Waals surface area contributed by atoms with Crippen LogP contribution in [0.15, 0.2) is 69.2 Å². The number of carbonyl (C=O) groups excluding carboxylic acids is 1. The maximum atomic E-state index is 14.4. The lowest BCUT2D eigenvalue weighted by Gasteiger charge is -2.12. The van der Waals surface area contributed by atoms with Gasteiger partial charge in [-0.1, -0.05) is 54.2 Å². The Morgan fingerprint density at radius 1 is 1.00 bits per heavy atom. The van der Waals surface area contributed by atoms with Gasteiger partial charge in [-0.05, 0) is 17.7 Å². The zero-order chi connectivity index (χ0) is 23.5. The average molecular weight is 466 g/mol. The van der Waals surface area contributed by atoms with E-state index in [0.29, 0.717) is 6.54 Å². The molecule has 0 fully saturated rings. The first-order chi connectivity index (χ1) is 15.9. The Hall–Kier alpha value is -3.79. The standard InChI is InChI=1S/C23H20FN5O3S/c1-28-20-18(22(31)29(2)23(28)32)21(27-19(26-20)15-10-6-7-11-16(15)24)33-13-17(30)25-12-14-8-4-3-5-9-14/h3-11H,12-13H2,1-2H3,(H,25,30). The fraction of sp³-hybridized carbons (Fsp3) is 0.174. The summed E-state index contributed by atoms with van der Waals surface area (Å²) in [5.41, 5.74) is 0.00288. The van der Waals surface area contributed by atoms with Crippen molar-refractivity contribution in [1.29, 1.82) is 0 Å². The van der Waals surface area contributed by atoms with Crippen LogP contribution in [0.3, 0.4) is 0 Å². The predicted octanol–water partition coefficient (Wildman–Crippen LogP) is 2.24. The Balaban J connectivity index is 1.72. The van der Waals surface area contributed by atoms with Crippen molar-refractivity contribution in [2.24, 2.45) is 14.1 Å². The predicted molar refractivity (Wildman–Crippen MR) is 124 cm³/mol. The van der Waals surface area contributed by atoms with Gasteiger partial charge in [0.1, 0.15) is 16.2 Å². The van der Waals surface area contributed by atoms with Crippen LogP contribution in [0.4, 0.5) is 4.39 Å². The fourth-order valence-corrected chi connectivity index (χ4v) is 4.12. The summed E-state index contributed by atoms with van der Waals surface area (Å²) in [7, 11) is 2.83. The number of hydrogen-bond donors (Lipinski definition) is 1. The number of hydrogen-bond acceptors (Lipinski definition) is 6. The minimum Gasteiger partial charge on any atom is -0.351 e. The van der Waals surface area contributed by atoms with Crippen LogP contribution in [0.1, 0.15) is 5.56 Å². The Morgan fingerprint density at radius 2 is 1.70 bits per heavy atom. The van der Waals surface area contributed by atoms with Gasteiger partial charge in [-0.2, -0.15) is 0 Å². The molecule has 1 N–H and O–H groups in total. The van der Waals surface area contributed by atoms with Crippen molar-refractivity contribution in [2.45, 2.75) is 11.6 Å². The van der Waals surface area contributed by atoms with E-state index in [4.69, 9.17) is 0 Å². The molecular formula is C23H20FN5O3S. The molecule has 10 heteroatoms. The maximum absolute atomic E-state index is 14.4. The van der Waals surface area contributed by atoms with Gasteiger partial charge in [0, 0.05) is 20.6 Å². The van der Waals surface area contributed by atoms with Crippen LogP contribution < -0.4 is 16.6 Å². The summed E-state index contributed by atoms with van der Waals surface area (Å²) in [6, 6.07) is 15.4. The lowest BCUT2D eigenvalue weighted by Crippen LogP contribution is -2.37. The van der Waals surface area contributed by atoms with Crippen LogP contribution in [0.2, 0.25) is 0 Å². The van der Waals surface area contributed by atoms with E-state index >= 15 is 0 Å². The molecule has 33 heavy (non-hydrogen) atoms. The monoisotopic (exact) mass is 465 g/mol. The van der Waals surface area contributed by atoms with E-state index in [0.717, 1.165) is 21.9 Å². The summed E-state index contributed by atoms with van der Waals surface area (Å²) in [4.78, 5) is 46.5. The molecule has 2 aromatic heterocycles. The smallest absolute Gasteiger partial charge is 0.332 e. The van der Waals surface area contributed by atoms with E-state index in [9.17, 15) is 18.8 Å². The van der Waals surface area contributed by atoms with Gasteiger partial charge in [-0.3, -0.25) is 18.7 Å². The number of nitrogens with zero attached hydrogens (tertiary/aromatic N) is 4. The molecule has 8 nitrogen and oxygen atoms in total. The van der Waals surface area contributed by atoms with Crippen molar-refractivity contribution in [1.82, 2.24) is 24.4 Å². The second-order valence-electron chi connectivity index (χ2n) is 7.29. The minimum absolute atomic E-state index is 0.0241. The molecule has 2 heterocycles. The van der Waals surface area contributed by atoms with Gasteiger partial charge >= 0.3 is 5.69 Å². The van der Waals surface area contributed by atoms with E-state index in [-0.39, 0.29) is 39.1 Å². The summed E-state index contributed by atoms with van der Waals surface area (Å²) < 4.78 is 16.6. The summed E-state index contributed by atoms with van der Waals surface area (Å²) in [6.07, 6.45) is 0. The van der Waals surface area contributed by atoms with Gasteiger partial charge in [-0.25, -0.2) is 19.2 Å². The summed E-state index contributed by atoms with van der Waals surface area (Å²) in [5, 5.41) is 3.11. The molecule has 168 valence electrons. The number of thioether (sulfide) groups is 1. The number of halogens is 1. The molecule has 4 rings (SSSR count). The molecule has 0 aliphatic heterocycles. The third-order valence-electron chi connectivity index (χ3n) is 5.05.